The predicted octanol–water partition coefficient (Wildman–Crippen LogP) is 3.36. The van der Waals surface area contributed by atoms with E-state index in [2.05, 4.69) is 0 Å². The molecule has 0 aromatic heterocycles. The maximum atomic E-state index is 13.6. The largest absolute Gasteiger partial charge is 0.494 e. The first-order valence-corrected chi connectivity index (χ1v) is 6.05. The fourth-order valence-electron chi connectivity index (χ4n) is 1.97. The van der Waals surface area contributed by atoms with Crippen LogP contribution in [0, 0.1) is 17.5 Å². The van der Waals surface area contributed by atoms with Gasteiger partial charge in [-0.2, -0.15) is 0 Å². The Hall–Kier alpha value is -2.01. The van der Waals surface area contributed by atoms with Crippen molar-refractivity contribution in [2.24, 2.45) is 5.73 Å². The minimum absolute atomic E-state index is 0.0787. The van der Waals surface area contributed by atoms with Gasteiger partial charge in [-0.25, -0.2) is 13.2 Å². The highest BCUT2D eigenvalue weighted by Gasteiger charge is 2.14. The van der Waals surface area contributed by atoms with Gasteiger partial charge in [0, 0.05) is 6.04 Å². The summed E-state index contributed by atoms with van der Waals surface area (Å²) in [6, 6.07) is 7.56. The average molecular weight is 281 g/mol. The number of methoxy groups -OCH3 is 1. The molecule has 2 N–H and O–H groups in total. The van der Waals surface area contributed by atoms with Gasteiger partial charge in [-0.15, -0.1) is 0 Å². The van der Waals surface area contributed by atoms with Gasteiger partial charge in [0.05, 0.1) is 7.11 Å². The van der Waals surface area contributed by atoms with Crippen LogP contribution in [0.15, 0.2) is 36.4 Å². The molecule has 0 aliphatic carbocycles. The van der Waals surface area contributed by atoms with Gasteiger partial charge in [-0.05, 0) is 35.7 Å². The Labute approximate surface area is 115 Å². The number of rotatable bonds is 4. The number of hydrogen-bond donors (Lipinski definition) is 1. The molecule has 1 atom stereocenters. The minimum atomic E-state index is -0.921. The van der Waals surface area contributed by atoms with Crippen LogP contribution in [0.25, 0.3) is 0 Å². The van der Waals surface area contributed by atoms with Gasteiger partial charge in [0.2, 0.25) is 0 Å². The normalized spacial score (nSPS) is 12.2. The first-order valence-electron chi connectivity index (χ1n) is 6.05. The van der Waals surface area contributed by atoms with E-state index in [0.29, 0.717) is 5.56 Å². The monoisotopic (exact) mass is 281 g/mol. The van der Waals surface area contributed by atoms with Gasteiger partial charge in [-0.1, -0.05) is 18.2 Å². The van der Waals surface area contributed by atoms with Crippen LogP contribution in [-0.4, -0.2) is 7.11 Å². The van der Waals surface area contributed by atoms with Gasteiger partial charge in [0.1, 0.15) is 0 Å². The highest BCUT2D eigenvalue weighted by molar-refractivity contribution is 5.32. The number of halogens is 3. The van der Waals surface area contributed by atoms with Crippen molar-refractivity contribution in [1.82, 2.24) is 0 Å². The molecule has 0 spiro atoms. The van der Waals surface area contributed by atoms with Gasteiger partial charge < -0.3 is 10.5 Å². The van der Waals surface area contributed by atoms with E-state index >= 15 is 0 Å². The fraction of sp³-hybridized carbons (Fsp3) is 0.200. The number of ether oxygens (including phenoxy) is 1. The Morgan fingerprint density at radius 2 is 1.85 bits per heavy atom. The Morgan fingerprint density at radius 1 is 1.10 bits per heavy atom. The molecular weight excluding hydrogens is 267 g/mol. The first-order chi connectivity index (χ1) is 9.52. The van der Waals surface area contributed by atoms with E-state index in [4.69, 9.17) is 10.5 Å². The third-order valence-corrected chi connectivity index (χ3v) is 3.08. The van der Waals surface area contributed by atoms with E-state index in [1.165, 1.54) is 31.4 Å². The van der Waals surface area contributed by atoms with Crippen molar-refractivity contribution in [1.29, 1.82) is 0 Å². The van der Waals surface area contributed by atoms with Crippen molar-refractivity contribution in [3.8, 4) is 5.75 Å². The molecular formula is C15H14F3NO. The van der Waals surface area contributed by atoms with Crippen molar-refractivity contribution < 1.29 is 17.9 Å². The number of hydrogen-bond acceptors (Lipinski definition) is 2. The summed E-state index contributed by atoms with van der Waals surface area (Å²) < 4.78 is 45.0. The third kappa shape index (κ3) is 2.93. The molecule has 0 aliphatic heterocycles. The number of nitrogens with two attached hydrogens (primary N) is 1. The standard InChI is InChI=1S/C15H14F3NO/c1-20-14-6-5-9(7-12(14)17)13(19)8-10-3-2-4-11(16)15(10)18/h2-7,13H,8,19H2,1H3. The Balaban J connectivity index is 2.21. The van der Waals surface area contributed by atoms with Crippen LogP contribution < -0.4 is 10.5 Å². The summed E-state index contributed by atoms with van der Waals surface area (Å²) in [7, 11) is 1.36. The highest BCUT2D eigenvalue weighted by Crippen LogP contribution is 2.24. The van der Waals surface area contributed by atoms with E-state index in [1.807, 2.05) is 0 Å². The molecule has 0 heterocycles. The summed E-state index contributed by atoms with van der Waals surface area (Å²) in [6.07, 6.45) is 0.0787. The van der Waals surface area contributed by atoms with E-state index in [1.54, 1.807) is 6.07 Å². The number of benzene rings is 2. The molecule has 0 bridgehead atoms. The molecule has 5 heteroatoms. The molecule has 0 radical (unpaired) electrons. The molecule has 2 nitrogen and oxygen atoms in total. The van der Waals surface area contributed by atoms with Crippen molar-refractivity contribution in [3.63, 3.8) is 0 Å². The summed E-state index contributed by atoms with van der Waals surface area (Å²) in [4.78, 5) is 0. The Kier molecular flexibility index (Phi) is 4.29. The first kappa shape index (κ1) is 14.4. The van der Waals surface area contributed by atoms with Crippen molar-refractivity contribution >= 4 is 0 Å². The Morgan fingerprint density at radius 3 is 2.50 bits per heavy atom. The molecule has 20 heavy (non-hydrogen) atoms. The molecule has 0 aliphatic rings. The molecule has 0 saturated heterocycles. The van der Waals surface area contributed by atoms with Gasteiger partial charge in [-0.3, -0.25) is 0 Å². The maximum absolute atomic E-state index is 13.6. The lowest BCUT2D eigenvalue weighted by atomic mass is 9.99. The summed E-state index contributed by atoms with van der Waals surface area (Å²) >= 11 is 0. The minimum Gasteiger partial charge on any atom is -0.494 e. The zero-order valence-corrected chi connectivity index (χ0v) is 10.9. The molecule has 0 fully saturated rings. The molecule has 106 valence electrons. The summed E-state index contributed by atoms with van der Waals surface area (Å²) in [5.41, 5.74) is 6.56. The average Bonchev–Trinajstić information content (AvgIpc) is 2.43. The lowest BCUT2D eigenvalue weighted by Gasteiger charge is -2.14. The molecule has 2 aromatic carbocycles. The fourth-order valence-corrected chi connectivity index (χ4v) is 1.97. The van der Waals surface area contributed by atoms with Crippen LogP contribution in [0.5, 0.6) is 5.75 Å². The van der Waals surface area contributed by atoms with Crippen LogP contribution in [-0.2, 0) is 6.42 Å². The van der Waals surface area contributed by atoms with Crippen molar-refractivity contribution in [3.05, 3.63) is 65.0 Å². The molecule has 2 aromatic rings. The second-order valence-corrected chi connectivity index (χ2v) is 4.42. The van der Waals surface area contributed by atoms with Crippen LogP contribution in [0.1, 0.15) is 17.2 Å². The lowest BCUT2D eigenvalue weighted by Crippen LogP contribution is -2.15. The van der Waals surface area contributed by atoms with Crippen LogP contribution in [0.2, 0.25) is 0 Å². The predicted molar refractivity (Wildman–Crippen MR) is 69.9 cm³/mol. The summed E-state index contributed by atoms with van der Waals surface area (Å²) in [6.45, 7) is 0. The van der Waals surface area contributed by atoms with Crippen molar-refractivity contribution in [2.75, 3.05) is 7.11 Å². The van der Waals surface area contributed by atoms with Crippen LogP contribution in [0.3, 0.4) is 0 Å². The van der Waals surface area contributed by atoms with Crippen LogP contribution in [0.4, 0.5) is 13.2 Å². The molecule has 0 amide bonds. The summed E-state index contributed by atoms with van der Waals surface area (Å²) in [5.74, 6) is -2.27. The van der Waals surface area contributed by atoms with Gasteiger partial charge in [0.15, 0.2) is 23.2 Å². The van der Waals surface area contributed by atoms with E-state index in [-0.39, 0.29) is 17.7 Å². The van der Waals surface area contributed by atoms with Gasteiger partial charge >= 0.3 is 0 Å². The summed E-state index contributed by atoms with van der Waals surface area (Å²) in [5, 5.41) is 0. The molecule has 1 unspecified atom stereocenters. The zero-order valence-electron chi connectivity index (χ0n) is 10.9. The van der Waals surface area contributed by atoms with Crippen LogP contribution >= 0.6 is 0 Å². The topological polar surface area (TPSA) is 35.2 Å². The quantitative estimate of drug-likeness (QED) is 0.932. The SMILES string of the molecule is COc1ccc(C(N)Cc2cccc(F)c2F)cc1F. The second kappa shape index (κ2) is 5.96. The van der Waals surface area contributed by atoms with E-state index in [9.17, 15) is 13.2 Å². The Bertz CT molecular complexity index is 616. The molecule has 0 saturated carbocycles. The van der Waals surface area contributed by atoms with Crippen molar-refractivity contribution in [2.45, 2.75) is 12.5 Å². The van der Waals surface area contributed by atoms with E-state index in [0.717, 1.165) is 6.07 Å². The maximum Gasteiger partial charge on any atom is 0.165 e. The second-order valence-electron chi connectivity index (χ2n) is 4.42. The lowest BCUT2D eigenvalue weighted by molar-refractivity contribution is 0.386. The third-order valence-electron chi connectivity index (χ3n) is 3.08. The molecule has 2 rings (SSSR count). The van der Waals surface area contributed by atoms with Gasteiger partial charge in [0.25, 0.3) is 0 Å². The van der Waals surface area contributed by atoms with E-state index < -0.39 is 23.5 Å². The smallest absolute Gasteiger partial charge is 0.165 e. The highest BCUT2D eigenvalue weighted by atomic mass is 19.2. The zero-order chi connectivity index (χ0) is 14.7.